The molecule has 2 rings (SSSR count). The van der Waals surface area contributed by atoms with Crippen molar-refractivity contribution in [3.05, 3.63) is 35.1 Å². The number of hydrogen-bond donors (Lipinski definition) is 2. The van der Waals surface area contributed by atoms with Crippen LogP contribution >= 0.6 is 11.8 Å². The number of rotatable bonds is 3. The van der Waals surface area contributed by atoms with Crippen molar-refractivity contribution in [1.29, 1.82) is 0 Å². The molecule has 1 saturated heterocycles. The Morgan fingerprint density at radius 2 is 2.29 bits per heavy atom. The van der Waals surface area contributed by atoms with Crippen LogP contribution in [0.2, 0.25) is 0 Å². The summed E-state index contributed by atoms with van der Waals surface area (Å²) in [6.45, 7) is 4.21. The molecule has 0 saturated carbocycles. The Morgan fingerprint density at radius 3 is 2.88 bits per heavy atom. The van der Waals surface area contributed by atoms with Crippen LogP contribution in [0.4, 0.5) is 4.39 Å². The number of nitrogens with one attached hydrogen (secondary N) is 1. The first-order valence-corrected chi connectivity index (χ1v) is 6.91. The Kier molecular flexibility index (Phi) is 3.76. The first kappa shape index (κ1) is 12.9. The molecule has 0 aliphatic carbocycles. The Hall–Kier alpha value is -0.580. The van der Waals surface area contributed by atoms with Gasteiger partial charge in [0.15, 0.2) is 0 Å². The van der Waals surface area contributed by atoms with Gasteiger partial charge >= 0.3 is 0 Å². The van der Waals surface area contributed by atoms with Crippen molar-refractivity contribution in [2.24, 2.45) is 5.84 Å². The van der Waals surface area contributed by atoms with Crippen molar-refractivity contribution in [2.75, 3.05) is 5.75 Å². The summed E-state index contributed by atoms with van der Waals surface area (Å²) in [6.07, 6.45) is 2.32. The van der Waals surface area contributed by atoms with Crippen molar-refractivity contribution in [1.82, 2.24) is 5.43 Å². The van der Waals surface area contributed by atoms with Gasteiger partial charge in [0.2, 0.25) is 0 Å². The summed E-state index contributed by atoms with van der Waals surface area (Å²) >= 11 is 1.92. The first-order chi connectivity index (χ1) is 8.07. The maximum atomic E-state index is 13.4. The van der Waals surface area contributed by atoms with Crippen LogP contribution in [0.1, 0.15) is 36.9 Å². The standard InChI is InChI=1S/C13H19FN2S/c1-9-4-5-10(14)8-11(9)12(16-15)13(2)6-3-7-17-13/h4-5,8,12,16H,3,6-7,15H2,1-2H3. The highest BCUT2D eigenvalue weighted by molar-refractivity contribution is 8.00. The summed E-state index contributed by atoms with van der Waals surface area (Å²) < 4.78 is 13.4. The predicted octanol–water partition coefficient (Wildman–Crippen LogP) is 2.92. The van der Waals surface area contributed by atoms with Crippen molar-refractivity contribution in [3.63, 3.8) is 0 Å². The summed E-state index contributed by atoms with van der Waals surface area (Å²) in [6, 6.07) is 4.92. The molecule has 2 atom stereocenters. The van der Waals surface area contributed by atoms with Crippen LogP contribution in [0.25, 0.3) is 0 Å². The van der Waals surface area contributed by atoms with E-state index in [0.29, 0.717) is 0 Å². The van der Waals surface area contributed by atoms with Gasteiger partial charge < -0.3 is 0 Å². The third kappa shape index (κ3) is 2.49. The molecule has 2 unspecified atom stereocenters. The molecule has 1 fully saturated rings. The number of halogens is 1. The second-order valence-electron chi connectivity index (χ2n) is 4.87. The molecule has 1 aromatic carbocycles. The monoisotopic (exact) mass is 254 g/mol. The van der Waals surface area contributed by atoms with Gasteiger partial charge in [0.1, 0.15) is 5.82 Å². The summed E-state index contributed by atoms with van der Waals surface area (Å²) in [5, 5.41) is 0. The average molecular weight is 254 g/mol. The van der Waals surface area contributed by atoms with Crippen LogP contribution < -0.4 is 11.3 Å². The number of thioether (sulfide) groups is 1. The van der Waals surface area contributed by atoms with Crippen molar-refractivity contribution < 1.29 is 4.39 Å². The van der Waals surface area contributed by atoms with E-state index in [1.165, 1.54) is 12.5 Å². The Balaban J connectivity index is 2.37. The minimum Gasteiger partial charge on any atom is -0.271 e. The third-order valence-corrected chi connectivity index (χ3v) is 5.17. The molecular weight excluding hydrogens is 235 g/mol. The second kappa shape index (κ2) is 4.96. The van der Waals surface area contributed by atoms with Crippen LogP contribution in [-0.4, -0.2) is 10.5 Å². The molecule has 2 nitrogen and oxygen atoms in total. The number of nitrogens with two attached hydrogens (primary N) is 1. The van der Waals surface area contributed by atoms with Gasteiger partial charge in [-0.25, -0.2) is 4.39 Å². The zero-order chi connectivity index (χ0) is 12.5. The number of hydrogen-bond acceptors (Lipinski definition) is 3. The van der Waals surface area contributed by atoms with Crippen LogP contribution in [0, 0.1) is 12.7 Å². The van der Waals surface area contributed by atoms with E-state index in [4.69, 9.17) is 5.84 Å². The normalized spacial score (nSPS) is 26.1. The molecule has 0 radical (unpaired) electrons. The summed E-state index contributed by atoms with van der Waals surface area (Å²) in [5.74, 6) is 6.66. The highest BCUT2D eigenvalue weighted by Crippen LogP contribution is 2.46. The van der Waals surface area contributed by atoms with Gasteiger partial charge in [0.25, 0.3) is 0 Å². The molecule has 1 heterocycles. The lowest BCUT2D eigenvalue weighted by Gasteiger charge is -2.34. The molecule has 0 amide bonds. The fourth-order valence-corrected chi connectivity index (χ4v) is 3.95. The molecule has 94 valence electrons. The number of aryl methyl sites for hydroxylation is 1. The summed E-state index contributed by atoms with van der Waals surface area (Å²) in [5.41, 5.74) is 4.94. The van der Waals surface area contributed by atoms with Gasteiger partial charge in [-0.1, -0.05) is 6.07 Å². The number of benzene rings is 1. The van der Waals surface area contributed by atoms with Gasteiger partial charge in [-0.2, -0.15) is 11.8 Å². The highest BCUT2D eigenvalue weighted by atomic mass is 32.2. The smallest absolute Gasteiger partial charge is 0.123 e. The quantitative estimate of drug-likeness (QED) is 0.643. The van der Waals surface area contributed by atoms with E-state index < -0.39 is 0 Å². The van der Waals surface area contributed by atoms with Crippen molar-refractivity contribution >= 4 is 11.8 Å². The summed E-state index contributed by atoms with van der Waals surface area (Å²) in [7, 11) is 0. The number of hydrazine groups is 1. The van der Waals surface area contributed by atoms with E-state index in [1.54, 1.807) is 6.07 Å². The molecule has 1 aliphatic heterocycles. The topological polar surface area (TPSA) is 38.0 Å². The van der Waals surface area contributed by atoms with E-state index >= 15 is 0 Å². The highest BCUT2D eigenvalue weighted by Gasteiger charge is 2.38. The molecule has 17 heavy (non-hydrogen) atoms. The lowest BCUT2D eigenvalue weighted by atomic mass is 9.88. The van der Waals surface area contributed by atoms with Crippen LogP contribution in [-0.2, 0) is 0 Å². The Morgan fingerprint density at radius 1 is 1.53 bits per heavy atom. The van der Waals surface area contributed by atoms with Crippen molar-refractivity contribution in [3.8, 4) is 0 Å². The van der Waals surface area contributed by atoms with Gasteiger partial charge in [0.05, 0.1) is 6.04 Å². The van der Waals surface area contributed by atoms with Gasteiger partial charge in [-0.3, -0.25) is 11.3 Å². The molecule has 0 spiro atoms. The molecule has 1 aliphatic rings. The van der Waals surface area contributed by atoms with E-state index in [2.05, 4.69) is 12.3 Å². The second-order valence-corrected chi connectivity index (χ2v) is 6.49. The van der Waals surface area contributed by atoms with Gasteiger partial charge in [-0.05, 0) is 55.7 Å². The van der Waals surface area contributed by atoms with E-state index in [0.717, 1.165) is 23.3 Å². The lowest BCUT2D eigenvalue weighted by molar-refractivity contribution is 0.417. The Labute approximate surface area is 106 Å². The molecule has 1 aromatic rings. The molecule has 3 N–H and O–H groups in total. The largest absolute Gasteiger partial charge is 0.271 e. The molecule has 0 bridgehead atoms. The summed E-state index contributed by atoms with van der Waals surface area (Å²) in [4.78, 5) is 0. The fraction of sp³-hybridized carbons (Fsp3) is 0.538. The minimum absolute atomic E-state index is 0.00528. The predicted molar refractivity (Wildman–Crippen MR) is 71.3 cm³/mol. The van der Waals surface area contributed by atoms with Crippen LogP contribution in [0.15, 0.2) is 18.2 Å². The lowest BCUT2D eigenvalue weighted by Crippen LogP contribution is -2.41. The maximum absolute atomic E-state index is 13.4. The first-order valence-electron chi connectivity index (χ1n) is 5.93. The van der Waals surface area contributed by atoms with Gasteiger partial charge in [0, 0.05) is 4.75 Å². The molecule has 0 aromatic heterocycles. The van der Waals surface area contributed by atoms with Gasteiger partial charge in [-0.15, -0.1) is 0 Å². The van der Waals surface area contributed by atoms with E-state index in [9.17, 15) is 4.39 Å². The average Bonchev–Trinajstić information content (AvgIpc) is 2.72. The van der Waals surface area contributed by atoms with E-state index in [1.807, 2.05) is 24.8 Å². The van der Waals surface area contributed by atoms with Crippen LogP contribution in [0.3, 0.4) is 0 Å². The maximum Gasteiger partial charge on any atom is 0.123 e. The third-order valence-electron chi connectivity index (χ3n) is 3.58. The van der Waals surface area contributed by atoms with Crippen molar-refractivity contribution in [2.45, 2.75) is 37.5 Å². The zero-order valence-corrected chi connectivity index (χ0v) is 11.1. The van der Waals surface area contributed by atoms with E-state index in [-0.39, 0.29) is 16.6 Å². The Bertz CT molecular complexity index is 402. The fourth-order valence-electron chi connectivity index (χ4n) is 2.55. The van der Waals surface area contributed by atoms with Crippen LogP contribution in [0.5, 0.6) is 0 Å². The molecular formula is C13H19FN2S. The SMILES string of the molecule is Cc1ccc(F)cc1C(NN)C1(C)CCCS1. The zero-order valence-electron chi connectivity index (χ0n) is 10.3. The minimum atomic E-state index is -0.197. The molecule has 4 heteroatoms.